The topological polar surface area (TPSA) is 134 Å². The highest BCUT2D eigenvalue weighted by Gasteiger charge is 2.22. The smallest absolute Gasteiger partial charge is 0.265 e. The van der Waals surface area contributed by atoms with Gasteiger partial charge in [-0.15, -0.1) is 0 Å². The van der Waals surface area contributed by atoms with E-state index in [1.807, 2.05) is 0 Å². The first-order valence-corrected chi connectivity index (χ1v) is 7.17. The SMILES string of the molecule is CNC(=O)CNC(=O)C(C)=NC(=O)CN(C)C(=O)C(N)C(C)C. The number of likely N-dealkylation sites (N-methyl/N-ethyl adjacent to an activating group) is 2. The van der Waals surface area contributed by atoms with Crippen molar-refractivity contribution in [2.75, 3.05) is 27.2 Å². The second-order valence-electron chi connectivity index (χ2n) is 5.41. The molecule has 0 aromatic heterocycles. The number of nitrogens with one attached hydrogen (secondary N) is 2. The van der Waals surface area contributed by atoms with E-state index in [1.54, 1.807) is 13.8 Å². The van der Waals surface area contributed by atoms with E-state index in [2.05, 4.69) is 15.6 Å². The lowest BCUT2D eigenvalue weighted by Gasteiger charge is -2.22. The third-order valence-corrected chi connectivity index (χ3v) is 3.06. The summed E-state index contributed by atoms with van der Waals surface area (Å²) in [7, 11) is 2.88. The zero-order valence-electron chi connectivity index (χ0n) is 14.2. The molecule has 0 aromatic carbocycles. The normalized spacial score (nSPS) is 12.6. The third-order valence-electron chi connectivity index (χ3n) is 3.06. The number of nitrogens with zero attached hydrogens (tertiary/aromatic N) is 2. The summed E-state index contributed by atoms with van der Waals surface area (Å²) in [5, 5.41) is 4.65. The van der Waals surface area contributed by atoms with Crippen LogP contribution in [0, 0.1) is 5.92 Å². The van der Waals surface area contributed by atoms with E-state index in [-0.39, 0.29) is 36.5 Å². The Bertz CT molecular complexity index is 501. The zero-order chi connectivity index (χ0) is 18.2. The van der Waals surface area contributed by atoms with E-state index in [1.165, 1.54) is 25.9 Å². The molecule has 0 radical (unpaired) electrons. The molecular weight excluding hydrogens is 302 g/mol. The van der Waals surface area contributed by atoms with Crippen molar-refractivity contribution in [1.29, 1.82) is 0 Å². The van der Waals surface area contributed by atoms with Crippen molar-refractivity contribution in [3.05, 3.63) is 0 Å². The van der Waals surface area contributed by atoms with Crippen LogP contribution in [0.5, 0.6) is 0 Å². The van der Waals surface area contributed by atoms with Crippen LogP contribution in [0.2, 0.25) is 0 Å². The van der Waals surface area contributed by atoms with Gasteiger partial charge in [-0.1, -0.05) is 13.8 Å². The van der Waals surface area contributed by atoms with Crippen LogP contribution < -0.4 is 16.4 Å². The van der Waals surface area contributed by atoms with Crippen LogP contribution in [-0.2, 0) is 19.2 Å². The minimum Gasteiger partial charge on any atom is -0.358 e. The Morgan fingerprint density at radius 2 is 1.78 bits per heavy atom. The first-order valence-electron chi connectivity index (χ1n) is 7.17. The minimum atomic E-state index is -0.700. The van der Waals surface area contributed by atoms with Crippen molar-refractivity contribution >= 4 is 29.3 Å². The Morgan fingerprint density at radius 1 is 1.22 bits per heavy atom. The van der Waals surface area contributed by atoms with Crippen LogP contribution in [0.3, 0.4) is 0 Å². The predicted octanol–water partition coefficient (Wildman–Crippen LogP) is -1.72. The first kappa shape index (κ1) is 20.7. The van der Waals surface area contributed by atoms with Crippen molar-refractivity contribution in [3.8, 4) is 0 Å². The van der Waals surface area contributed by atoms with Crippen molar-refractivity contribution in [2.45, 2.75) is 26.8 Å². The van der Waals surface area contributed by atoms with Gasteiger partial charge in [-0.3, -0.25) is 19.2 Å². The standard InChI is InChI=1S/C14H25N5O4/c1-8(2)12(15)14(23)19(5)7-11(21)18-9(3)13(22)17-6-10(20)16-4/h8,12H,6-7,15H2,1-5H3,(H,16,20)(H,17,22). The van der Waals surface area contributed by atoms with Gasteiger partial charge >= 0.3 is 0 Å². The molecule has 0 aliphatic carbocycles. The second-order valence-corrected chi connectivity index (χ2v) is 5.41. The average molecular weight is 327 g/mol. The summed E-state index contributed by atoms with van der Waals surface area (Å²) in [6.45, 7) is 4.46. The molecule has 9 nitrogen and oxygen atoms in total. The number of nitrogens with two attached hydrogens (primary N) is 1. The lowest BCUT2D eigenvalue weighted by atomic mass is 10.0. The molecule has 1 unspecified atom stereocenters. The number of carbonyl (C=O) groups excluding carboxylic acids is 4. The fourth-order valence-corrected chi connectivity index (χ4v) is 1.47. The fourth-order valence-electron chi connectivity index (χ4n) is 1.47. The summed E-state index contributed by atoms with van der Waals surface area (Å²) in [6.07, 6.45) is 0. The Morgan fingerprint density at radius 3 is 2.26 bits per heavy atom. The van der Waals surface area contributed by atoms with Gasteiger partial charge in [-0.05, 0) is 12.8 Å². The fraction of sp³-hybridized carbons (Fsp3) is 0.643. The van der Waals surface area contributed by atoms with Gasteiger partial charge in [0.1, 0.15) is 12.3 Å². The Kier molecular flexibility index (Phi) is 8.71. The molecule has 9 heteroatoms. The highest BCUT2D eigenvalue weighted by Crippen LogP contribution is 2.02. The largest absolute Gasteiger partial charge is 0.358 e. The summed E-state index contributed by atoms with van der Waals surface area (Å²) in [5.74, 6) is -2.07. The monoisotopic (exact) mass is 327 g/mol. The lowest BCUT2D eigenvalue weighted by molar-refractivity contribution is -0.135. The quantitative estimate of drug-likeness (QED) is 0.478. The van der Waals surface area contributed by atoms with Crippen LogP contribution in [0.4, 0.5) is 0 Å². The van der Waals surface area contributed by atoms with E-state index in [0.29, 0.717) is 0 Å². The van der Waals surface area contributed by atoms with Crippen LogP contribution in [0.1, 0.15) is 20.8 Å². The third kappa shape index (κ3) is 7.50. The number of aliphatic imine (C=N–C) groups is 1. The molecule has 4 N–H and O–H groups in total. The van der Waals surface area contributed by atoms with Gasteiger partial charge in [0.25, 0.3) is 11.8 Å². The molecule has 0 aliphatic heterocycles. The lowest BCUT2D eigenvalue weighted by Crippen LogP contribution is -2.46. The van der Waals surface area contributed by atoms with Gasteiger partial charge in [0.15, 0.2) is 0 Å². The molecule has 0 saturated heterocycles. The number of hydrogen-bond acceptors (Lipinski definition) is 5. The molecule has 130 valence electrons. The zero-order valence-corrected chi connectivity index (χ0v) is 14.2. The van der Waals surface area contributed by atoms with Crippen molar-refractivity contribution < 1.29 is 19.2 Å². The maximum absolute atomic E-state index is 11.9. The molecular formula is C14H25N5O4. The molecule has 0 spiro atoms. The molecule has 0 heterocycles. The van der Waals surface area contributed by atoms with Gasteiger partial charge in [-0.25, -0.2) is 4.99 Å². The molecule has 0 aromatic rings. The molecule has 1 atom stereocenters. The van der Waals surface area contributed by atoms with E-state index in [0.717, 1.165) is 0 Å². The summed E-state index contributed by atoms with van der Waals surface area (Å²) in [4.78, 5) is 51.1. The summed E-state index contributed by atoms with van der Waals surface area (Å²) >= 11 is 0. The number of hydrogen-bond donors (Lipinski definition) is 3. The van der Waals surface area contributed by atoms with Gasteiger partial charge < -0.3 is 21.3 Å². The van der Waals surface area contributed by atoms with Gasteiger partial charge in [-0.2, -0.15) is 0 Å². The number of carbonyl (C=O) groups is 4. The first-order chi connectivity index (χ1) is 10.6. The average Bonchev–Trinajstić information content (AvgIpc) is 2.49. The number of amides is 4. The molecule has 0 rings (SSSR count). The molecule has 4 amide bonds. The second kappa shape index (κ2) is 9.67. The minimum absolute atomic E-state index is 0.0548. The molecule has 23 heavy (non-hydrogen) atoms. The predicted molar refractivity (Wildman–Crippen MR) is 85.6 cm³/mol. The van der Waals surface area contributed by atoms with Gasteiger partial charge in [0.05, 0.1) is 12.6 Å². The van der Waals surface area contributed by atoms with E-state index in [4.69, 9.17) is 5.73 Å². The Labute approximate surface area is 135 Å². The highest BCUT2D eigenvalue weighted by molar-refractivity contribution is 6.39. The highest BCUT2D eigenvalue weighted by atomic mass is 16.2. The van der Waals surface area contributed by atoms with E-state index in [9.17, 15) is 19.2 Å². The number of rotatable bonds is 7. The van der Waals surface area contributed by atoms with Gasteiger partial charge in [0.2, 0.25) is 11.8 Å². The Hall–Kier alpha value is -2.29. The van der Waals surface area contributed by atoms with Crippen molar-refractivity contribution in [1.82, 2.24) is 15.5 Å². The molecule has 0 bridgehead atoms. The molecule has 0 saturated carbocycles. The van der Waals surface area contributed by atoms with Crippen LogP contribution in [-0.4, -0.2) is 67.5 Å². The van der Waals surface area contributed by atoms with E-state index >= 15 is 0 Å². The van der Waals surface area contributed by atoms with E-state index < -0.39 is 17.9 Å². The summed E-state index contributed by atoms with van der Waals surface area (Å²) in [6, 6.07) is -0.700. The van der Waals surface area contributed by atoms with Crippen LogP contribution in [0.25, 0.3) is 0 Å². The maximum Gasteiger partial charge on any atom is 0.265 e. The molecule has 0 aliphatic rings. The maximum atomic E-state index is 11.9. The molecule has 0 fully saturated rings. The van der Waals surface area contributed by atoms with Crippen molar-refractivity contribution in [3.63, 3.8) is 0 Å². The van der Waals surface area contributed by atoms with Crippen molar-refractivity contribution in [2.24, 2.45) is 16.6 Å². The summed E-state index contributed by atoms with van der Waals surface area (Å²) in [5.41, 5.74) is 5.64. The van der Waals surface area contributed by atoms with Gasteiger partial charge in [0, 0.05) is 14.1 Å². The van der Waals surface area contributed by atoms with Crippen LogP contribution in [0.15, 0.2) is 4.99 Å². The Balaban J connectivity index is 4.58. The van der Waals surface area contributed by atoms with Crippen LogP contribution >= 0.6 is 0 Å². The summed E-state index contributed by atoms with van der Waals surface area (Å²) < 4.78 is 0.